The second-order valence-corrected chi connectivity index (χ2v) is 11.3. The fourth-order valence-electron chi connectivity index (χ4n) is 7.31. The predicted octanol–water partition coefficient (Wildman–Crippen LogP) is 9.83. The maximum absolute atomic E-state index is 4.75. The first kappa shape index (κ1) is 22.8. The summed E-state index contributed by atoms with van der Waals surface area (Å²) in [6.45, 7) is 0. The van der Waals surface area contributed by atoms with Crippen molar-refractivity contribution in [3.05, 3.63) is 146 Å². The Kier molecular flexibility index (Phi) is 4.42. The number of para-hydroxylation sites is 3. The molecule has 4 nitrogen and oxygen atoms in total. The number of hydrogen-bond donors (Lipinski definition) is 0. The minimum atomic E-state index is 0.985. The first-order valence-corrected chi connectivity index (χ1v) is 14.7. The SMILES string of the molecule is c1ccc(-n2c3ccccc3c3cc4c(cc32)c2ccc3c(c5ccccc5c5nccn35)c2n4-c2ccccc2)cc1. The summed E-state index contributed by atoms with van der Waals surface area (Å²) in [5.41, 5.74) is 9.30. The molecule has 0 saturated heterocycles. The summed E-state index contributed by atoms with van der Waals surface area (Å²) in [4.78, 5) is 4.75. The lowest BCUT2D eigenvalue weighted by Gasteiger charge is -2.13. The van der Waals surface area contributed by atoms with E-state index in [0.717, 1.165) is 22.2 Å². The highest BCUT2D eigenvalue weighted by Gasteiger charge is 2.21. The highest BCUT2D eigenvalue weighted by molar-refractivity contribution is 6.28. The normalized spacial score (nSPS) is 12.2. The van der Waals surface area contributed by atoms with Crippen LogP contribution >= 0.6 is 0 Å². The van der Waals surface area contributed by atoms with E-state index in [1.165, 1.54) is 60.1 Å². The Morgan fingerprint density at radius 2 is 1.02 bits per heavy atom. The molecule has 0 spiro atoms. The van der Waals surface area contributed by atoms with E-state index in [4.69, 9.17) is 4.98 Å². The van der Waals surface area contributed by atoms with Crippen LogP contribution in [-0.2, 0) is 0 Å². The van der Waals surface area contributed by atoms with Crippen LogP contribution in [0, 0.1) is 0 Å². The van der Waals surface area contributed by atoms with E-state index in [9.17, 15) is 0 Å². The zero-order valence-electron chi connectivity index (χ0n) is 23.1. The van der Waals surface area contributed by atoms with Crippen molar-refractivity contribution < 1.29 is 0 Å². The summed E-state index contributed by atoms with van der Waals surface area (Å²) < 4.78 is 7.11. The fourth-order valence-corrected chi connectivity index (χ4v) is 7.31. The molecule has 0 atom stereocenters. The van der Waals surface area contributed by atoms with E-state index in [0.29, 0.717) is 0 Å². The van der Waals surface area contributed by atoms with Gasteiger partial charge >= 0.3 is 0 Å². The maximum Gasteiger partial charge on any atom is 0.145 e. The molecule has 10 rings (SSSR count). The third kappa shape index (κ3) is 2.97. The van der Waals surface area contributed by atoms with Gasteiger partial charge in [-0.05, 0) is 53.9 Å². The fraction of sp³-hybridized carbons (Fsp3) is 0. The van der Waals surface area contributed by atoms with Crippen LogP contribution in [0.3, 0.4) is 0 Å². The van der Waals surface area contributed by atoms with Crippen LogP contribution in [0.25, 0.3) is 82.3 Å². The van der Waals surface area contributed by atoms with Crippen LogP contribution in [0.1, 0.15) is 0 Å². The molecule has 43 heavy (non-hydrogen) atoms. The van der Waals surface area contributed by atoms with Crippen LogP contribution in [0.5, 0.6) is 0 Å². The van der Waals surface area contributed by atoms with Gasteiger partial charge < -0.3 is 9.13 Å². The zero-order chi connectivity index (χ0) is 28.1. The van der Waals surface area contributed by atoms with Gasteiger partial charge in [0.05, 0.1) is 27.6 Å². The second-order valence-electron chi connectivity index (χ2n) is 11.3. The number of pyridine rings is 1. The van der Waals surface area contributed by atoms with E-state index in [-0.39, 0.29) is 0 Å². The molecule has 6 aromatic carbocycles. The number of rotatable bonds is 2. The van der Waals surface area contributed by atoms with Crippen molar-refractivity contribution >= 4 is 70.9 Å². The van der Waals surface area contributed by atoms with E-state index >= 15 is 0 Å². The molecule has 0 aliphatic heterocycles. The number of nitrogens with zero attached hydrogens (tertiary/aromatic N) is 4. The first-order chi connectivity index (χ1) is 21.4. The number of aromatic nitrogens is 4. The molecular formula is C39H24N4. The van der Waals surface area contributed by atoms with Crippen molar-refractivity contribution in [3.63, 3.8) is 0 Å². The van der Waals surface area contributed by atoms with Gasteiger partial charge in [-0.15, -0.1) is 0 Å². The van der Waals surface area contributed by atoms with Gasteiger partial charge in [0, 0.05) is 56.1 Å². The largest absolute Gasteiger partial charge is 0.309 e. The highest BCUT2D eigenvalue weighted by Crippen LogP contribution is 2.43. The molecule has 0 aliphatic carbocycles. The van der Waals surface area contributed by atoms with Crippen molar-refractivity contribution in [2.75, 3.05) is 0 Å². The summed E-state index contributed by atoms with van der Waals surface area (Å²) in [6.07, 6.45) is 3.98. The summed E-state index contributed by atoms with van der Waals surface area (Å²) in [5.74, 6) is 0. The molecule has 0 saturated carbocycles. The Morgan fingerprint density at radius 3 is 1.79 bits per heavy atom. The first-order valence-electron chi connectivity index (χ1n) is 14.7. The van der Waals surface area contributed by atoms with Gasteiger partial charge in [-0.3, -0.25) is 4.40 Å². The van der Waals surface area contributed by atoms with Gasteiger partial charge in [0.15, 0.2) is 0 Å². The number of hydrogen-bond acceptors (Lipinski definition) is 1. The third-order valence-electron chi connectivity index (χ3n) is 9.07. The van der Waals surface area contributed by atoms with Crippen LogP contribution in [0.4, 0.5) is 0 Å². The molecule has 10 aromatic rings. The van der Waals surface area contributed by atoms with Crippen LogP contribution < -0.4 is 0 Å². The van der Waals surface area contributed by atoms with Crippen LogP contribution in [-0.4, -0.2) is 18.5 Å². The zero-order valence-corrected chi connectivity index (χ0v) is 23.1. The van der Waals surface area contributed by atoms with Gasteiger partial charge in [-0.1, -0.05) is 84.9 Å². The molecule has 0 aliphatic rings. The minimum absolute atomic E-state index is 0.985. The number of fused-ring (bicyclic) bond motifs is 13. The molecule has 200 valence electrons. The molecule has 4 heteroatoms. The Morgan fingerprint density at radius 1 is 0.419 bits per heavy atom. The predicted molar refractivity (Wildman–Crippen MR) is 179 cm³/mol. The topological polar surface area (TPSA) is 27.2 Å². The van der Waals surface area contributed by atoms with E-state index < -0.39 is 0 Å². The molecule has 4 aromatic heterocycles. The lowest BCUT2D eigenvalue weighted by Crippen LogP contribution is -1.97. The Bertz CT molecular complexity index is 2710. The molecule has 0 radical (unpaired) electrons. The van der Waals surface area contributed by atoms with Crippen molar-refractivity contribution in [2.24, 2.45) is 0 Å². The number of benzene rings is 6. The standard InChI is InChI=1S/C39H24N4/c1-3-11-25(12-4-1)42-33-18-10-9-15-27(33)31-23-36-32(24-35(31)42)29-19-20-34-37(38(29)43(36)26-13-5-2-6-14-26)28-16-7-8-17-30(28)39-40-21-22-41(34)39/h1-24H. The molecule has 0 N–H and O–H groups in total. The quantitative estimate of drug-likeness (QED) is 0.198. The Labute approximate surface area is 246 Å². The average molecular weight is 549 g/mol. The van der Waals surface area contributed by atoms with Crippen LogP contribution in [0.15, 0.2) is 146 Å². The summed E-state index contributed by atoms with van der Waals surface area (Å²) in [7, 11) is 0. The van der Waals surface area contributed by atoms with Crippen molar-refractivity contribution in [1.82, 2.24) is 18.5 Å². The lowest BCUT2D eigenvalue weighted by atomic mass is 10.0. The van der Waals surface area contributed by atoms with Gasteiger partial charge in [-0.25, -0.2) is 4.98 Å². The molecular weight excluding hydrogens is 524 g/mol. The Balaban J connectivity index is 1.48. The summed E-state index contributed by atoms with van der Waals surface area (Å²) in [6, 6.07) is 48.3. The molecule has 0 bridgehead atoms. The van der Waals surface area contributed by atoms with Gasteiger partial charge in [0.25, 0.3) is 0 Å². The van der Waals surface area contributed by atoms with E-state index in [2.05, 4.69) is 153 Å². The maximum atomic E-state index is 4.75. The molecule has 0 amide bonds. The van der Waals surface area contributed by atoms with Crippen molar-refractivity contribution in [2.45, 2.75) is 0 Å². The summed E-state index contributed by atoms with van der Waals surface area (Å²) >= 11 is 0. The highest BCUT2D eigenvalue weighted by atomic mass is 15.0. The van der Waals surface area contributed by atoms with Gasteiger partial charge in [-0.2, -0.15) is 0 Å². The Hall–Kier alpha value is -5.87. The van der Waals surface area contributed by atoms with Gasteiger partial charge in [0.1, 0.15) is 5.65 Å². The third-order valence-corrected chi connectivity index (χ3v) is 9.07. The van der Waals surface area contributed by atoms with Crippen molar-refractivity contribution in [3.8, 4) is 11.4 Å². The van der Waals surface area contributed by atoms with E-state index in [1.807, 2.05) is 6.20 Å². The molecule has 4 heterocycles. The lowest BCUT2D eigenvalue weighted by molar-refractivity contribution is 1.18. The molecule has 0 fully saturated rings. The average Bonchev–Trinajstić information content (AvgIpc) is 3.77. The molecule has 0 unspecified atom stereocenters. The monoisotopic (exact) mass is 548 g/mol. The van der Waals surface area contributed by atoms with Crippen molar-refractivity contribution in [1.29, 1.82) is 0 Å². The minimum Gasteiger partial charge on any atom is -0.309 e. The smallest absolute Gasteiger partial charge is 0.145 e. The van der Waals surface area contributed by atoms with Crippen LogP contribution in [0.2, 0.25) is 0 Å². The second kappa shape index (κ2) is 8.34. The number of imidazole rings is 1. The van der Waals surface area contributed by atoms with E-state index in [1.54, 1.807) is 0 Å². The van der Waals surface area contributed by atoms with Gasteiger partial charge in [0.2, 0.25) is 0 Å². The summed E-state index contributed by atoms with van der Waals surface area (Å²) in [5, 5.41) is 8.58.